The highest BCUT2D eigenvalue weighted by atomic mass is 79.9. The summed E-state index contributed by atoms with van der Waals surface area (Å²) in [5.74, 6) is 1.37. The number of hydrogen-bond acceptors (Lipinski definition) is 3. The first-order valence-corrected chi connectivity index (χ1v) is 7.11. The summed E-state index contributed by atoms with van der Waals surface area (Å²) in [6.07, 6.45) is -0.316. The van der Waals surface area contributed by atoms with Crippen molar-refractivity contribution in [1.82, 2.24) is 5.32 Å². The third-order valence-corrected chi connectivity index (χ3v) is 3.06. The Bertz CT molecular complexity index is 367. The number of aliphatic hydroxyl groups is 1. The molecule has 0 aromatic heterocycles. The summed E-state index contributed by atoms with van der Waals surface area (Å²) in [6.45, 7) is 8.01. The topological polar surface area (TPSA) is 41.5 Å². The molecule has 1 atom stereocenters. The van der Waals surface area contributed by atoms with Crippen molar-refractivity contribution in [3.8, 4) is 5.75 Å². The fourth-order valence-electron chi connectivity index (χ4n) is 1.65. The van der Waals surface area contributed by atoms with E-state index in [1.54, 1.807) is 6.92 Å². The molecule has 0 aliphatic rings. The van der Waals surface area contributed by atoms with E-state index in [1.807, 2.05) is 12.1 Å². The lowest BCUT2D eigenvalue weighted by Gasteiger charge is -2.15. The molecule has 4 heteroatoms. The van der Waals surface area contributed by atoms with Crippen LogP contribution in [0.15, 0.2) is 22.7 Å². The Morgan fingerprint density at radius 3 is 2.67 bits per heavy atom. The Hall–Kier alpha value is -0.580. The van der Waals surface area contributed by atoms with Crippen LogP contribution in [0.5, 0.6) is 5.75 Å². The second kappa shape index (κ2) is 7.77. The molecule has 0 bridgehead atoms. The van der Waals surface area contributed by atoms with Crippen LogP contribution < -0.4 is 10.1 Å². The summed E-state index contributed by atoms with van der Waals surface area (Å²) in [5, 5.41) is 12.2. The molecule has 102 valence electrons. The van der Waals surface area contributed by atoms with E-state index in [9.17, 15) is 0 Å². The summed E-state index contributed by atoms with van der Waals surface area (Å²) in [5.41, 5.74) is 1.21. The van der Waals surface area contributed by atoms with E-state index in [2.05, 4.69) is 41.2 Å². The lowest BCUT2D eigenvalue weighted by molar-refractivity contribution is 0.188. The molecule has 0 saturated carbocycles. The van der Waals surface area contributed by atoms with E-state index in [1.165, 1.54) is 5.56 Å². The number of aliphatic hydroxyl groups excluding tert-OH is 1. The smallest absolute Gasteiger partial charge is 0.122 e. The van der Waals surface area contributed by atoms with Gasteiger partial charge in [0.05, 0.1) is 6.10 Å². The number of nitrogens with one attached hydrogen (secondary N) is 1. The molecule has 0 amide bonds. The van der Waals surface area contributed by atoms with Crippen LogP contribution in [0, 0.1) is 0 Å². The van der Waals surface area contributed by atoms with Gasteiger partial charge in [-0.2, -0.15) is 0 Å². The Labute approximate surface area is 118 Å². The first-order chi connectivity index (χ1) is 8.50. The van der Waals surface area contributed by atoms with E-state index in [0.717, 1.165) is 16.8 Å². The standard InChI is InChI=1S/C14H22BrNO2/c1-10(2)13-8-12(15)4-5-14(13)18-7-6-16-9-11(3)17/h4-5,8,10-11,16-17H,6-7,9H2,1-3H3. The van der Waals surface area contributed by atoms with Gasteiger partial charge in [0.25, 0.3) is 0 Å². The maximum Gasteiger partial charge on any atom is 0.122 e. The molecule has 0 saturated heterocycles. The number of benzene rings is 1. The van der Waals surface area contributed by atoms with Crippen LogP contribution in [0.1, 0.15) is 32.3 Å². The molecule has 18 heavy (non-hydrogen) atoms. The molecule has 0 fully saturated rings. The van der Waals surface area contributed by atoms with Crippen LogP contribution >= 0.6 is 15.9 Å². The molecule has 1 unspecified atom stereocenters. The van der Waals surface area contributed by atoms with Gasteiger partial charge in [-0.1, -0.05) is 29.8 Å². The normalized spacial score (nSPS) is 12.8. The van der Waals surface area contributed by atoms with Crippen molar-refractivity contribution < 1.29 is 9.84 Å². The predicted octanol–water partition coefficient (Wildman–Crippen LogP) is 2.92. The SMILES string of the molecule is CC(O)CNCCOc1ccc(Br)cc1C(C)C. The quantitative estimate of drug-likeness (QED) is 0.760. The minimum atomic E-state index is -0.316. The van der Waals surface area contributed by atoms with Crippen molar-refractivity contribution in [2.24, 2.45) is 0 Å². The molecule has 0 heterocycles. The molecular weight excluding hydrogens is 294 g/mol. The van der Waals surface area contributed by atoms with Crippen molar-refractivity contribution in [2.75, 3.05) is 19.7 Å². The van der Waals surface area contributed by atoms with Crippen molar-refractivity contribution in [2.45, 2.75) is 32.8 Å². The van der Waals surface area contributed by atoms with E-state index in [4.69, 9.17) is 9.84 Å². The maximum absolute atomic E-state index is 9.11. The summed E-state index contributed by atoms with van der Waals surface area (Å²) in [6, 6.07) is 6.09. The van der Waals surface area contributed by atoms with Gasteiger partial charge in [-0.25, -0.2) is 0 Å². The molecule has 0 aliphatic heterocycles. The Morgan fingerprint density at radius 1 is 1.33 bits per heavy atom. The second-order valence-corrected chi connectivity index (χ2v) is 5.65. The van der Waals surface area contributed by atoms with E-state index >= 15 is 0 Å². The maximum atomic E-state index is 9.11. The van der Waals surface area contributed by atoms with Crippen molar-refractivity contribution >= 4 is 15.9 Å². The summed E-state index contributed by atoms with van der Waals surface area (Å²) in [4.78, 5) is 0. The Balaban J connectivity index is 2.46. The summed E-state index contributed by atoms with van der Waals surface area (Å²) >= 11 is 3.48. The lowest BCUT2D eigenvalue weighted by atomic mass is 10.0. The fraction of sp³-hybridized carbons (Fsp3) is 0.571. The van der Waals surface area contributed by atoms with Gasteiger partial charge in [-0.3, -0.25) is 0 Å². The minimum absolute atomic E-state index is 0.316. The third-order valence-electron chi connectivity index (χ3n) is 2.57. The fourth-order valence-corrected chi connectivity index (χ4v) is 2.02. The van der Waals surface area contributed by atoms with Crippen molar-refractivity contribution in [1.29, 1.82) is 0 Å². The highest BCUT2D eigenvalue weighted by Crippen LogP contribution is 2.29. The number of rotatable bonds is 7. The van der Waals surface area contributed by atoms with Gasteiger partial charge in [0, 0.05) is 17.6 Å². The van der Waals surface area contributed by atoms with E-state index in [0.29, 0.717) is 19.1 Å². The molecule has 1 aromatic carbocycles. The number of hydrogen-bond donors (Lipinski definition) is 2. The second-order valence-electron chi connectivity index (χ2n) is 4.74. The molecular formula is C14H22BrNO2. The minimum Gasteiger partial charge on any atom is -0.492 e. The Kier molecular flexibility index (Phi) is 6.68. The largest absolute Gasteiger partial charge is 0.492 e. The van der Waals surface area contributed by atoms with Gasteiger partial charge in [-0.15, -0.1) is 0 Å². The molecule has 1 aromatic rings. The molecule has 3 nitrogen and oxygen atoms in total. The molecule has 0 spiro atoms. The van der Waals surface area contributed by atoms with Crippen LogP contribution in [-0.4, -0.2) is 30.9 Å². The van der Waals surface area contributed by atoms with Crippen LogP contribution in [0.3, 0.4) is 0 Å². The zero-order chi connectivity index (χ0) is 13.5. The highest BCUT2D eigenvalue weighted by molar-refractivity contribution is 9.10. The van der Waals surface area contributed by atoms with Gasteiger partial charge in [0.1, 0.15) is 12.4 Å². The number of ether oxygens (including phenoxy) is 1. The van der Waals surface area contributed by atoms with Gasteiger partial charge < -0.3 is 15.2 Å². The first-order valence-electron chi connectivity index (χ1n) is 6.31. The zero-order valence-electron chi connectivity index (χ0n) is 11.2. The molecule has 0 radical (unpaired) electrons. The summed E-state index contributed by atoms with van der Waals surface area (Å²) < 4.78 is 6.85. The van der Waals surface area contributed by atoms with Gasteiger partial charge >= 0.3 is 0 Å². The number of halogens is 1. The zero-order valence-corrected chi connectivity index (χ0v) is 12.8. The monoisotopic (exact) mass is 315 g/mol. The van der Waals surface area contributed by atoms with Crippen LogP contribution in [0.4, 0.5) is 0 Å². The highest BCUT2D eigenvalue weighted by Gasteiger charge is 2.08. The van der Waals surface area contributed by atoms with Crippen molar-refractivity contribution in [3.05, 3.63) is 28.2 Å². The van der Waals surface area contributed by atoms with Gasteiger partial charge in [0.2, 0.25) is 0 Å². The third kappa shape index (κ3) is 5.38. The lowest BCUT2D eigenvalue weighted by Crippen LogP contribution is -2.28. The van der Waals surface area contributed by atoms with Gasteiger partial charge in [0.15, 0.2) is 0 Å². The Morgan fingerprint density at radius 2 is 2.06 bits per heavy atom. The van der Waals surface area contributed by atoms with E-state index < -0.39 is 0 Å². The predicted molar refractivity (Wildman–Crippen MR) is 78.3 cm³/mol. The van der Waals surface area contributed by atoms with Gasteiger partial charge in [-0.05, 0) is 36.6 Å². The average molecular weight is 316 g/mol. The van der Waals surface area contributed by atoms with Crippen LogP contribution in [-0.2, 0) is 0 Å². The molecule has 2 N–H and O–H groups in total. The first kappa shape index (κ1) is 15.5. The van der Waals surface area contributed by atoms with E-state index in [-0.39, 0.29) is 6.10 Å². The van der Waals surface area contributed by atoms with Crippen LogP contribution in [0.2, 0.25) is 0 Å². The molecule has 0 aliphatic carbocycles. The van der Waals surface area contributed by atoms with Crippen LogP contribution in [0.25, 0.3) is 0 Å². The average Bonchev–Trinajstić information content (AvgIpc) is 2.29. The molecule has 1 rings (SSSR count). The summed E-state index contributed by atoms with van der Waals surface area (Å²) in [7, 11) is 0. The van der Waals surface area contributed by atoms with Crippen molar-refractivity contribution in [3.63, 3.8) is 0 Å².